The minimum atomic E-state index is -1.13. The molecule has 3 amide bonds. The highest BCUT2D eigenvalue weighted by Crippen LogP contribution is 2.45. The monoisotopic (exact) mass is 479 g/mol. The van der Waals surface area contributed by atoms with Gasteiger partial charge in [0.1, 0.15) is 23.2 Å². The number of esters is 1. The van der Waals surface area contributed by atoms with Gasteiger partial charge in [-0.2, -0.15) is 0 Å². The molecule has 0 bridgehead atoms. The van der Waals surface area contributed by atoms with Gasteiger partial charge in [-0.15, -0.1) is 6.58 Å². The third-order valence-electron chi connectivity index (χ3n) is 6.16. The van der Waals surface area contributed by atoms with Crippen molar-refractivity contribution in [3.8, 4) is 0 Å². The summed E-state index contributed by atoms with van der Waals surface area (Å²) in [5.41, 5.74) is -2.47. The van der Waals surface area contributed by atoms with Gasteiger partial charge in [0.25, 0.3) is 0 Å². The summed E-state index contributed by atoms with van der Waals surface area (Å²) in [7, 11) is 0. The lowest BCUT2D eigenvalue weighted by Gasteiger charge is -2.36. The summed E-state index contributed by atoms with van der Waals surface area (Å²) < 4.78 is 10.5. The molecule has 2 N–H and O–H groups in total. The lowest BCUT2D eigenvalue weighted by molar-refractivity contribution is -0.150. The smallest absolute Gasteiger partial charge is 0.408 e. The van der Waals surface area contributed by atoms with E-state index in [9.17, 15) is 19.2 Å². The van der Waals surface area contributed by atoms with Crippen LogP contribution >= 0.6 is 0 Å². The van der Waals surface area contributed by atoms with E-state index >= 15 is 0 Å². The number of carbonyl (C=O) groups excluding carboxylic acids is 4. The normalized spacial score (nSPS) is 27.4. The number of rotatable bonds is 7. The van der Waals surface area contributed by atoms with Gasteiger partial charge in [-0.1, -0.05) is 33.8 Å². The van der Waals surface area contributed by atoms with Crippen LogP contribution in [0, 0.1) is 17.3 Å². The first-order valence-electron chi connectivity index (χ1n) is 12.0. The molecule has 0 aromatic carbocycles. The lowest BCUT2D eigenvalue weighted by Crippen LogP contribution is -2.59. The van der Waals surface area contributed by atoms with Crippen LogP contribution in [0.3, 0.4) is 0 Å². The van der Waals surface area contributed by atoms with Gasteiger partial charge in [-0.05, 0) is 51.9 Å². The molecule has 0 unspecified atom stereocenters. The summed E-state index contributed by atoms with van der Waals surface area (Å²) in [6.45, 7) is 18.8. The molecule has 2 aliphatic rings. The van der Waals surface area contributed by atoms with E-state index in [4.69, 9.17) is 9.47 Å². The number of carbonyl (C=O) groups is 4. The Labute approximate surface area is 203 Å². The fourth-order valence-electron chi connectivity index (χ4n) is 4.34. The minimum absolute atomic E-state index is 0.0785. The molecule has 1 saturated carbocycles. The van der Waals surface area contributed by atoms with E-state index < -0.39 is 46.6 Å². The van der Waals surface area contributed by atoms with E-state index in [0.29, 0.717) is 19.4 Å². The van der Waals surface area contributed by atoms with E-state index in [1.807, 2.05) is 27.7 Å². The Kier molecular flexibility index (Phi) is 8.10. The quantitative estimate of drug-likeness (QED) is 0.429. The summed E-state index contributed by atoms with van der Waals surface area (Å²) in [6.07, 6.45) is 1.82. The van der Waals surface area contributed by atoms with E-state index in [1.165, 1.54) is 4.90 Å². The molecule has 1 aliphatic heterocycles. The van der Waals surface area contributed by atoms with Crippen molar-refractivity contribution in [2.45, 2.75) is 91.5 Å². The molecule has 192 valence electrons. The van der Waals surface area contributed by atoms with Gasteiger partial charge >= 0.3 is 12.1 Å². The predicted octanol–water partition coefficient (Wildman–Crippen LogP) is 2.79. The molecule has 2 fully saturated rings. The number of hydrogen-bond acceptors (Lipinski definition) is 6. The fraction of sp³-hybridized carbons (Fsp3) is 0.760. The Hall–Kier alpha value is -2.58. The first kappa shape index (κ1) is 27.7. The maximum Gasteiger partial charge on any atom is 0.408 e. The average molecular weight is 480 g/mol. The zero-order valence-corrected chi connectivity index (χ0v) is 21.8. The Morgan fingerprint density at radius 3 is 2.26 bits per heavy atom. The molecule has 0 spiro atoms. The van der Waals surface area contributed by atoms with Crippen molar-refractivity contribution in [2.24, 2.45) is 17.3 Å². The van der Waals surface area contributed by atoms with Gasteiger partial charge in [-0.25, -0.2) is 9.59 Å². The maximum atomic E-state index is 13.7. The second-order valence-corrected chi connectivity index (χ2v) is 11.5. The van der Waals surface area contributed by atoms with Crippen molar-refractivity contribution >= 4 is 23.9 Å². The number of likely N-dealkylation sites (tertiary alicyclic amines) is 1. The molecule has 0 aromatic rings. The van der Waals surface area contributed by atoms with Gasteiger partial charge in [0.05, 0.1) is 6.61 Å². The van der Waals surface area contributed by atoms with Crippen LogP contribution in [0.5, 0.6) is 0 Å². The average Bonchev–Trinajstić information content (AvgIpc) is 3.26. The van der Waals surface area contributed by atoms with Gasteiger partial charge < -0.3 is 25.0 Å². The van der Waals surface area contributed by atoms with Crippen LogP contribution in [0.1, 0.15) is 68.2 Å². The Morgan fingerprint density at radius 2 is 1.79 bits per heavy atom. The molecule has 1 saturated heterocycles. The van der Waals surface area contributed by atoms with Crippen LogP contribution in [0.2, 0.25) is 0 Å². The summed E-state index contributed by atoms with van der Waals surface area (Å²) >= 11 is 0. The molecular formula is C25H41N3O6. The summed E-state index contributed by atoms with van der Waals surface area (Å²) in [6, 6.07) is -1.66. The van der Waals surface area contributed by atoms with Crippen LogP contribution in [0.25, 0.3) is 0 Å². The Balaban J connectivity index is 2.24. The van der Waals surface area contributed by atoms with E-state index in [1.54, 1.807) is 33.8 Å². The van der Waals surface area contributed by atoms with Crippen LogP contribution in [0.4, 0.5) is 4.79 Å². The Bertz CT molecular complexity index is 827. The van der Waals surface area contributed by atoms with Crippen LogP contribution in [-0.2, 0) is 23.9 Å². The van der Waals surface area contributed by atoms with Gasteiger partial charge in [-0.3, -0.25) is 9.59 Å². The highest BCUT2D eigenvalue weighted by Gasteiger charge is 2.62. The van der Waals surface area contributed by atoms with Crippen molar-refractivity contribution < 1.29 is 28.7 Å². The lowest BCUT2D eigenvalue weighted by atomic mass is 9.85. The first-order chi connectivity index (χ1) is 15.6. The molecule has 9 nitrogen and oxygen atoms in total. The van der Waals surface area contributed by atoms with Crippen LogP contribution in [-0.4, -0.2) is 65.2 Å². The largest absolute Gasteiger partial charge is 0.464 e. The van der Waals surface area contributed by atoms with Crippen molar-refractivity contribution in [3.05, 3.63) is 12.7 Å². The highest BCUT2D eigenvalue weighted by molar-refractivity contribution is 5.96. The van der Waals surface area contributed by atoms with Crippen molar-refractivity contribution in [1.82, 2.24) is 15.5 Å². The first-order valence-corrected chi connectivity index (χ1v) is 12.0. The standard InChI is InChI=1S/C25H41N3O6/c1-10-16-13-25(16,21(31)33-11-2)27-19(29)17-12-15(3)14-28(17)20(30)18(23(4,5)6)26-22(32)34-24(7,8)9/h10,15-18H,1,11-14H2,2-9H3,(H,26,32)(H,27,29)/t15-,16+,17-,18+,25+/m0/s1. The van der Waals surface area contributed by atoms with Crippen molar-refractivity contribution in [1.29, 1.82) is 0 Å². The van der Waals surface area contributed by atoms with E-state index in [-0.39, 0.29) is 24.3 Å². The summed E-state index contributed by atoms with van der Waals surface area (Å²) in [5, 5.41) is 5.56. The third-order valence-corrected chi connectivity index (χ3v) is 6.16. The number of nitrogens with one attached hydrogen (secondary N) is 2. The molecule has 1 aliphatic carbocycles. The summed E-state index contributed by atoms with van der Waals surface area (Å²) in [4.78, 5) is 53.6. The SMILES string of the molecule is C=C[C@@H]1C[C@]1(NC(=O)[C@@H]1C[C@H](C)CN1C(=O)[C@@H](NC(=O)OC(C)(C)C)C(C)(C)C)C(=O)OCC. The second-order valence-electron chi connectivity index (χ2n) is 11.5. The molecule has 0 radical (unpaired) electrons. The third kappa shape index (κ3) is 6.30. The Morgan fingerprint density at radius 1 is 1.18 bits per heavy atom. The minimum Gasteiger partial charge on any atom is -0.464 e. The van der Waals surface area contributed by atoms with Gasteiger partial charge in [0.2, 0.25) is 11.8 Å². The molecule has 1 heterocycles. The summed E-state index contributed by atoms with van der Waals surface area (Å²) in [5.74, 6) is -1.38. The molecule has 34 heavy (non-hydrogen) atoms. The van der Waals surface area contributed by atoms with E-state index in [2.05, 4.69) is 17.2 Å². The number of nitrogens with zero attached hydrogens (tertiary/aromatic N) is 1. The maximum absolute atomic E-state index is 13.7. The van der Waals surface area contributed by atoms with Crippen molar-refractivity contribution in [3.63, 3.8) is 0 Å². The molecule has 5 atom stereocenters. The molecular weight excluding hydrogens is 438 g/mol. The molecule has 0 aromatic heterocycles. The second kappa shape index (κ2) is 9.96. The van der Waals surface area contributed by atoms with Crippen molar-refractivity contribution in [2.75, 3.05) is 13.2 Å². The highest BCUT2D eigenvalue weighted by atomic mass is 16.6. The van der Waals surface area contributed by atoms with Crippen LogP contribution < -0.4 is 10.6 Å². The zero-order chi connectivity index (χ0) is 26.1. The number of ether oxygens (including phenoxy) is 2. The topological polar surface area (TPSA) is 114 Å². The molecule has 2 rings (SSSR count). The van der Waals surface area contributed by atoms with Gasteiger partial charge in [0, 0.05) is 12.5 Å². The predicted molar refractivity (Wildman–Crippen MR) is 128 cm³/mol. The van der Waals surface area contributed by atoms with Crippen LogP contribution in [0.15, 0.2) is 12.7 Å². The number of hydrogen-bond donors (Lipinski definition) is 2. The fourth-order valence-corrected chi connectivity index (χ4v) is 4.34. The zero-order valence-electron chi connectivity index (χ0n) is 21.8. The number of amides is 3. The molecule has 9 heteroatoms. The van der Waals surface area contributed by atoms with E-state index in [0.717, 1.165) is 0 Å². The number of alkyl carbamates (subject to hydrolysis) is 1. The van der Waals surface area contributed by atoms with Gasteiger partial charge in [0.15, 0.2) is 0 Å².